The zero-order chi connectivity index (χ0) is 18.2. The van der Waals surface area contributed by atoms with Crippen molar-refractivity contribution in [1.82, 2.24) is 10.2 Å². The van der Waals surface area contributed by atoms with Gasteiger partial charge in [0.2, 0.25) is 5.91 Å². The number of aryl methyl sites for hydroxylation is 2. The first-order valence-corrected chi connectivity index (χ1v) is 9.41. The predicted molar refractivity (Wildman–Crippen MR) is 101 cm³/mol. The largest absolute Gasteiger partial charge is 0.465 e. The molecule has 0 aliphatic carbocycles. The van der Waals surface area contributed by atoms with Gasteiger partial charge in [0.1, 0.15) is 11.5 Å². The van der Waals surface area contributed by atoms with Crippen LogP contribution in [0.5, 0.6) is 0 Å². The van der Waals surface area contributed by atoms with E-state index in [1.54, 1.807) is 0 Å². The summed E-state index contributed by atoms with van der Waals surface area (Å²) in [6, 6.07) is 14.3. The van der Waals surface area contributed by atoms with Crippen LogP contribution in [0.15, 0.2) is 46.9 Å². The number of hydrogen-bond donors (Lipinski definition) is 1. The van der Waals surface area contributed by atoms with E-state index in [0.29, 0.717) is 13.0 Å². The summed E-state index contributed by atoms with van der Waals surface area (Å²) in [5, 5.41) is 3.09. The topological polar surface area (TPSA) is 54.7 Å². The summed E-state index contributed by atoms with van der Waals surface area (Å²) in [5.74, 6) is 1.91. The van der Waals surface area contributed by atoms with E-state index in [1.807, 2.05) is 37.3 Å². The van der Waals surface area contributed by atoms with Gasteiger partial charge in [-0.05, 0) is 37.5 Å². The molecule has 5 heteroatoms. The number of carbonyl (C=O) groups is 1. The molecule has 1 aliphatic heterocycles. The highest BCUT2D eigenvalue weighted by molar-refractivity contribution is 5.75. The van der Waals surface area contributed by atoms with Gasteiger partial charge in [-0.2, -0.15) is 0 Å². The molecule has 1 atom stereocenters. The summed E-state index contributed by atoms with van der Waals surface area (Å²) >= 11 is 0. The SMILES string of the molecule is Cc1ccc([C@H](CNC(=O)CCCc2ccccc2)N2CCOCC2)o1. The van der Waals surface area contributed by atoms with Crippen LogP contribution in [0, 0.1) is 6.92 Å². The summed E-state index contributed by atoms with van der Waals surface area (Å²) in [7, 11) is 0. The van der Waals surface area contributed by atoms with Gasteiger partial charge < -0.3 is 14.5 Å². The summed E-state index contributed by atoms with van der Waals surface area (Å²) < 4.78 is 11.3. The van der Waals surface area contributed by atoms with E-state index in [0.717, 1.165) is 50.7 Å². The maximum absolute atomic E-state index is 12.3. The van der Waals surface area contributed by atoms with Gasteiger partial charge in [-0.1, -0.05) is 30.3 Å². The maximum Gasteiger partial charge on any atom is 0.220 e. The lowest BCUT2D eigenvalue weighted by molar-refractivity contribution is -0.121. The van der Waals surface area contributed by atoms with Gasteiger partial charge in [-0.3, -0.25) is 9.69 Å². The Bertz CT molecular complexity index is 678. The highest BCUT2D eigenvalue weighted by Crippen LogP contribution is 2.23. The van der Waals surface area contributed by atoms with E-state index in [-0.39, 0.29) is 11.9 Å². The molecular weight excluding hydrogens is 328 g/mol. The molecule has 5 nitrogen and oxygen atoms in total. The van der Waals surface area contributed by atoms with Crippen molar-refractivity contribution in [1.29, 1.82) is 0 Å². The molecule has 0 bridgehead atoms. The molecule has 1 aliphatic rings. The summed E-state index contributed by atoms with van der Waals surface area (Å²) in [6.45, 7) is 5.67. The standard InChI is InChI=1S/C21H28N2O3/c1-17-10-11-20(26-17)19(23-12-14-25-15-13-23)16-22-21(24)9-5-8-18-6-3-2-4-7-18/h2-4,6-7,10-11,19H,5,8-9,12-16H2,1H3,(H,22,24)/t19-/m0/s1. The number of ether oxygens (including phenoxy) is 1. The van der Waals surface area contributed by atoms with Gasteiger partial charge in [0.05, 0.1) is 19.3 Å². The molecule has 2 aromatic rings. The van der Waals surface area contributed by atoms with Crippen molar-refractivity contribution in [3.05, 3.63) is 59.5 Å². The van der Waals surface area contributed by atoms with Crippen LogP contribution in [-0.4, -0.2) is 43.7 Å². The fraction of sp³-hybridized carbons (Fsp3) is 0.476. The molecule has 1 aromatic carbocycles. The third-order valence-corrected chi connectivity index (χ3v) is 4.78. The van der Waals surface area contributed by atoms with Crippen molar-refractivity contribution in [2.24, 2.45) is 0 Å². The van der Waals surface area contributed by atoms with Gasteiger partial charge in [0, 0.05) is 26.1 Å². The van der Waals surface area contributed by atoms with E-state index in [9.17, 15) is 4.79 Å². The van der Waals surface area contributed by atoms with Gasteiger partial charge in [-0.15, -0.1) is 0 Å². The first-order valence-electron chi connectivity index (χ1n) is 9.41. The fourth-order valence-electron chi connectivity index (χ4n) is 3.33. The Morgan fingerprint density at radius 3 is 2.62 bits per heavy atom. The van der Waals surface area contributed by atoms with Crippen molar-refractivity contribution in [2.75, 3.05) is 32.8 Å². The van der Waals surface area contributed by atoms with E-state index in [4.69, 9.17) is 9.15 Å². The number of nitrogens with zero attached hydrogens (tertiary/aromatic N) is 1. The van der Waals surface area contributed by atoms with Crippen LogP contribution < -0.4 is 5.32 Å². The van der Waals surface area contributed by atoms with Gasteiger partial charge in [0.15, 0.2) is 0 Å². The Balaban J connectivity index is 1.49. The smallest absolute Gasteiger partial charge is 0.220 e. The number of furan rings is 1. The Morgan fingerprint density at radius 1 is 1.15 bits per heavy atom. The molecule has 3 rings (SSSR count). The quantitative estimate of drug-likeness (QED) is 0.790. The van der Waals surface area contributed by atoms with Crippen LogP contribution in [0.4, 0.5) is 0 Å². The number of benzene rings is 1. The number of nitrogens with one attached hydrogen (secondary N) is 1. The number of carbonyl (C=O) groups excluding carboxylic acids is 1. The molecule has 1 fully saturated rings. The average Bonchev–Trinajstić information content (AvgIpc) is 3.10. The number of hydrogen-bond acceptors (Lipinski definition) is 4. The molecule has 140 valence electrons. The van der Waals surface area contributed by atoms with Gasteiger partial charge in [0.25, 0.3) is 0 Å². The zero-order valence-electron chi connectivity index (χ0n) is 15.4. The predicted octanol–water partition coefficient (Wildman–Crippen LogP) is 3.10. The van der Waals surface area contributed by atoms with Crippen LogP contribution in [0.1, 0.15) is 36.0 Å². The normalized spacial score (nSPS) is 16.3. The van der Waals surface area contributed by atoms with Crippen molar-refractivity contribution in [2.45, 2.75) is 32.2 Å². The van der Waals surface area contributed by atoms with E-state index < -0.39 is 0 Å². The summed E-state index contributed by atoms with van der Waals surface area (Å²) in [5.41, 5.74) is 1.28. The molecule has 1 saturated heterocycles. The van der Waals surface area contributed by atoms with Gasteiger partial charge in [-0.25, -0.2) is 0 Å². The lowest BCUT2D eigenvalue weighted by Crippen LogP contribution is -2.43. The van der Waals surface area contributed by atoms with E-state index in [2.05, 4.69) is 22.3 Å². The second-order valence-electron chi connectivity index (χ2n) is 6.76. The minimum Gasteiger partial charge on any atom is -0.465 e. The monoisotopic (exact) mass is 356 g/mol. The molecule has 1 N–H and O–H groups in total. The first kappa shape index (κ1) is 18.7. The molecule has 0 radical (unpaired) electrons. The zero-order valence-corrected chi connectivity index (χ0v) is 15.4. The van der Waals surface area contributed by atoms with Crippen LogP contribution in [0.3, 0.4) is 0 Å². The third kappa shape index (κ3) is 5.44. The molecule has 0 saturated carbocycles. The Labute approximate surface area is 155 Å². The number of rotatable bonds is 8. The Morgan fingerprint density at radius 2 is 1.92 bits per heavy atom. The van der Waals surface area contributed by atoms with Crippen molar-refractivity contribution in [3.63, 3.8) is 0 Å². The van der Waals surface area contributed by atoms with Crippen LogP contribution in [-0.2, 0) is 16.0 Å². The average molecular weight is 356 g/mol. The van der Waals surface area contributed by atoms with E-state index >= 15 is 0 Å². The highest BCUT2D eigenvalue weighted by atomic mass is 16.5. The van der Waals surface area contributed by atoms with Crippen LogP contribution >= 0.6 is 0 Å². The minimum absolute atomic E-state index is 0.0608. The molecule has 1 amide bonds. The lowest BCUT2D eigenvalue weighted by atomic mass is 10.1. The molecule has 1 aromatic heterocycles. The third-order valence-electron chi connectivity index (χ3n) is 4.78. The first-order chi connectivity index (χ1) is 12.7. The number of amides is 1. The van der Waals surface area contributed by atoms with Gasteiger partial charge >= 0.3 is 0 Å². The molecule has 26 heavy (non-hydrogen) atoms. The van der Waals surface area contributed by atoms with Crippen molar-refractivity contribution < 1.29 is 13.9 Å². The van der Waals surface area contributed by atoms with Crippen molar-refractivity contribution in [3.8, 4) is 0 Å². The van der Waals surface area contributed by atoms with Crippen LogP contribution in [0.2, 0.25) is 0 Å². The summed E-state index contributed by atoms with van der Waals surface area (Å²) in [6.07, 6.45) is 2.33. The Hall–Kier alpha value is -2.11. The Kier molecular flexibility index (Phi) is 6.86. The lowest BCUT2D eigenvalue weighted by Gasteiger charge is -2.33. The second-order valence-corrected chi connectivity index (χ2v) is 6.76. The van der Waals surface area contributed by atoms with Crippen LogP contribution in [0.25, 0.3) is 0 Å². The highest BCUT2D eigenvalue weighted by Gasteiger charge is 2.25. The molecular formula is C21H28N2O3. The van der Waals surface area contributed by atoms with E-state index in [1.165, 1.54) is 5.56 Å². The molecule has 0 unspecified atom stereocenters. The number of morpholine rings is 1. The minimum atomic E-state index is 0.0608. The molecule has 0 spiro atoms. The fourth-order valence-corrected chi connectivity index (χ4v) is 3.33. The summed E-state index contributed by atoms with van der Waals surface area (Å²) in [4.78, 5) is 14.6. The molecule has 2 heterocycles. The van der Waals surface area contributed by atoms with Crippen molar-refractivity contribution >= 4 is 5.91 Å². The second kappa shape index (κ2) is 9.55. The maximum atomic E-state index is 12.3.